The van der Waals surface area contributed by atoms with Gasteiger partial charge in [-0.3, -0.25) is 13.9 Å². The molecule has 1 saturated carbocycles. The van der Waals surface area contributed by atoms with Gasteiger partial charge in [-0.15, -0.1) is 0 Å². The van der Waals surface area contributed by atoms with E-state index in [9.17, 15) is 18.0 Å². The van der Waals surface area contributed by atoms with Crippen LogP contribution in [-0.2, 0) is 32.5 Å². The largest absolute Gasteiger partial charge is 0.352 e. The molecule has 1 fully saturated rings. The smallest absolute Gasteiger partial charge is 0.244 e. The van der Waals surface area contributed by atoms with Gasteiger partial charge in [0.05, 0.1) is 11.9 Å². The lowest BCUT2D eigenvalue weighted by Gasteiger charge is -2.33. The summed E-state index contributed by atoms with van der Waals surface area (Å²) >= 11 is 0. The molecule has 196 valence electrons. The third kappa shape index (κ3) is 7.56. The van der Waals surface area contributed by atoms with Crippen molar-refractivity contribution in [2.45, 2.75) is 70.9 Å². The summed E-state index contributed by atoms with van der Waals surface area (Å²) in [6, 6.07) is 16.5. The van der Waals surface area contributed by atoms with Gasteiger partial charge in [0.1, 0.15) is 12.6 Å². The highest BCUT2D eigenvalue weighted by molar-refractivity contribution is 7.92. The topological polar surface area (TPSA) is 86.8 Å². The first-order chi connectivity index (χ1) is 17.2. The van der Waals surface area contributed by atoms with Crippen LogP contribution >= 0.6 is 0 Å². The number of aryl methyl sites for hydroxylation is 1. The van der Waals surface area contributed by atoms with Crippen LogP contribution in [0.3, 0.4) is 0 Å². The Bertz CT molecular complexity index is 1100. The van der Waals surface area contributed by atoms with Crippen molar-refractivity contribution in [2.75, 3.05) is 23.7 Å². The second kappa shape index (κ2) is 12.9. The van der Waals surface area contributed by atoms with E-state index < -0.39 is 16.1 Å². The normalized spacial score (nSPS) is 14.9. The lowest BCUT2D eigenvalue weighted by molar-refractivity contribution is -0.139. The van der Waals surface area contributed by atoms with Crippen LogP contribution in [-0.4, -0.2) is 56.6 Å². The minimum absolute atomic E-state index is 0.141. The number of hydrogen-bond acceptors (Lipinski definition) is 4. The molecule has 0 aromatic heterocycles. The molecule has 36 heavy (non-hydrogen) atoms. The fourth-order valence-electron chi connectivity index (χ4n) is 4.78. The zero-order valence-corrected chi connectivity index (χ0v) is 22.5. The van der Waals surface area contributed by atoms with Crippen LogP contribution in [0.2, 0.25) is 0 Å². The molecule has 1 aliphatic rings. The third-order valence-corrected chi connectivity index (χ3v) is 8.02. The molecular weight excluding hydrogens is 474 g/mol. The molecule has 0 aliphatic heterocycles. The molecule has 2 aromatic rings. The summed E-state index contributed by atoms with van der Waals surface area (Å²) in [6.45, 7) is 3.89. The summed E-state index contributed by atoms with van der Waals surface area (Å²) in [7, 11) is -3.72. The van der Waals surface area contributed by atoms with Gasteiger partial charge in [-0.25, -0.2) is 8.42 Å². The van der Waals surface area contributed by atoms with Gasteiger partial charge < -0.3 is 10.2 Å². The third-order valence-electron chi connectivity index (χ3n) is 6.88. The first-order valence-corrected chi connectivity index (χ1v) is 14.8. The summed E-state index contributed by atoms with van der Waals surface area (Å²) in [4.78, 5) is 28.5. The van der Waals surface area contributed by atoms with E-state index in [0.717, 1.165) is 53.8 Å². The number of nitrogens with one attached hydrogen (secondary N) is 1. The Balaban J connectivity index is 1.85. The van der Waals surface area contributed by atoms with Crippen molar-refractivity contribution in [1.82, 2.24) is 10.2 Å². The predicted molar refractivity (Wildman–Crippen MR) is 144 cm³/mol. The molecule has 3 rings (SSSR count). The highest BCUT2D eigenvalue weighted by Crippen LogP contribution is 2.21. The number of anilines is 1. The lowest BCUT2D eigenvalue weighted by atomic mass is 10.1. The van der Waals surface area contributed by atoms with Crippen molar-refractivity contribution in [2.24, 2.45) is 0 Å². The van der Waals surface area contributed by atoms with Gasteiger partial charge >= 0.3 is 0 Å². The van der Waals surface area contributed by atoms with Gasteiger partial charge in [-0.05, 0) is 55.4 Å². The maximum Gasteiger partial charge on any atom is 0.244 e. The first-order valence-electron chi connectivity index (χ1n) is 12.9. The van der Waals surface area contributed by atoms with Crippen LogP contribution in [0.15, 0.2) is 54.6 Å². The highest BCUT2D eigenvalue weighted by Gasteiger charge is 2.32. The molecule has 1 aliphatic carbocycles. The number of hydrogen-bond donors (Lipinski definition) is 1. The average molecular weight is 514 g/mol. The van der Waals surface area contributed by atoms with Crippen LogP contribution in [0.1, 0.15) is 57.1 Å². The van der Waals surface area contributed by atoms with E-state index >= 15 is 0 Å². The van der Waals surface area contributed by atoms with Crippen LogP contribution in [0.25, 0.3) is 0 Å². The molecule has 8 heteroatoms. The van der Waals surface area contributed by atoms with Crippen molar-refractivity contribution in [1.29, 1.82) is 0 Å². The molecule has 0 radical (unpaired) electrons. The van der Waals surface area contributed by atoms with Crippen molar-refractivity contribution < 1.29 is 18.0 Å². The molecular formula is C28H39N3O4S. The number of carbonyl (C=O) groups is 2. The van der Waals surface area contributed by atoms with E-state index in [2.05, 4.69) is 5.32 Å². The second-order valence-electron chi connectivity index (χ2n) is 9.53. The van der Waals surface area contributed by atoms with Gasteiger partial charge in [0.15, 0.2) is 0 Å². The maximum absolute atomic E-state index is 13.7. The quantitative estimate of drug-likeness (QED) is 0.466. The summed E-state index contributed by atoms with van der Waals surface area (Å²) in [5, 5.41) is 3.13. The number of benzene rings is 2. The Morgan fingerprint density at radius 3 is 2.17 bits per heavy atom. The van der Waals surface area contributed by atoms with Crippen LogP contribution < -0.4 is 9.62 Å². The molecule has 7 nitrogen and oxygen atoms in total. The summed E-state index contributed by atoms with van der Waals surface area (Å²) in [5.74, 6) is -0.548. The SMILES string of the molecule is CCc1ccc(N(CC(=O)N(CCc2ccccc2)C(CC)C(=O)NC2CCCC2)S(C)(=O)=O)cc1. The Morgan fingerprint density at radius 2 is 1.61 bits per heavy atom. The summed E-state index contributed by atoms with van der Waals surface area (Å²) in [5.41, 5.74) is 2.57. The molecule has 1 N–H and O–H groups in total. The minimum atomic E-state index is -3.72. The molecule has 0 spiro atoms. The van der Waals surface area contributed by atoms with E-state index in [4.69, 9.17) is 0 Å². The van der Waals surface area contributed by atoms with E-state index in [1.165, 1.54) is 0 Å². The highest BCUT2D eigenvalue weighted by atomic mass is 32.2. The molecule has 2 aromatic carbocycles. The minimum Gasteiger partial charge on any atom is -0.352 e. The maximum atomic E-state index is 13.7. The molecule has 2 amide bonds. The Hall–Kier alpha value is -2.87. The number of amides is 2. The zero-order chi connectivity index (χ0) is 26.1. The molecule has 1 atom stereocenters. The van der Waals surface area contributed by atoms with Crippen molar-refractivity contribution in [3.63, 3.8) is 0 Å². The Labute approximate surface area is 215 Å². The van der Waals surface area contributed by atoms with Gasteiger partial charge in [0.2, 0.25) is 21.8 Å². The van der Waals surface area contributed by atoms with Crippen molar-refractivity contribution in [3.8, 4) is 0 Å². The van der Waals surface area contributed by atoms with Gasteiger partial charge in [-0.2, -0.15) is 0 Å². The van der Waals surface area contributed by atoms with Crippen molar-refractivity contribution >= 4 is 27.5 Å². The molecule has 0 heterocycles. The van der Waals surface area contributed by atoms with E-state index in [1.54, 1.807) is 17.0 Å². The van der Waals surface area contributed by atoms with E-state index in [0.29, 0.717) is 25.1 Å². The number of nitrogens with zero attached hydrogens (tertiary/aromatic N) is 2. The summed E-state index contributed by atoms with van der Waals surface area (Å²) < 4.78 is 26.5. The number of sulfonamides is 1. The fourth-order valence-corrected chi connectivity index (χ4v) is 5.62. The van der Waals surface area contributed by atoms with Crippen LogP contribution in [0.4, 0.5) is 5.69 Å². The molecule has 0 bridgehead atoms. The summed E-state index contributed by atoms with van der Waals surface area (Å²) in [6.07, 6.45) is 7.06. The van der Waals surface area contributed by atoms with E-state index in [-0.39, 0.29) is 24.4 Å². The van der Waals surface area contributed by atoms with Crippen LogP contribution in [0.5, 0.6) is 0 Å². The monoisotopic (exact) mass is 513 g/mol. The van der Waals surface area contributed by atoms with Gasteiger partial charge in [0.25, 0.3) is 0 Å². The zero-order valence-electron chi connectivity index (χ0n) is 21.7. The predicted octanol–water partition coefficient (Wildman–Crippen LogP) is 3.92. The fraction of sp³-hybridized carbons (Fsp3) is 0.500. The van der Waals surface area contributed by atoms with Crippen molar-refractivity contribution in [3.05, 3.63) is 65.7 Å². The molecule has 0 saturated heterocycles. The number of carbonyl (C=O) groups excluding carboxylic acids is 2. The number of rotatable bonds is 12. The Morgan fingerprint density at radius 1 is 0.972 bits per heavy atom. The standard InChI is InChI=1S/C28H39N3O4S/c1-4-22-15-17-25(18-16-22)31(36(3,34)35)21-27(32)30(20-19-23-11-7-6-8-12-23)26(5-2)28(33)29-24-13-9-10-14-24/h6-8,11-12,15-18,24,26H,4-5,9-10,13-14,19-21H2,1-3H3,(H,29,33). The van der Waals surface area contributed by atoms with E-state index in [1.807, 2.05) is 56.3 Å². The van der Waals surface area contributed by atoms with Gasteiger partial charge in [0, 0.05) is 12.6 Å². The average Bonchev–Trinajstić information content (AvgIpc) is 3.38. The Kier molecular flexibility index (Phi) is 9.93. The first kappa shape index (κ1) is 27.7. The van der Waals surface area contributed by atoms with Crippen LogP contribution in [0, 0.1) is 0 Å². The molecule has 1 unspecified atom stereocenters. The second-order valence-corrected chi connectivity index (χ2v) is 11.4. The van der Waals surface area contributed by atoms with Gasteiger partial charge in [-0.1, -0.05) is 69.2 Å². The lowest BCUT2D eigenvalue weighted by Crippen LogP contribution is -2.54.